The van der Waals surface area contributed by atoms with Crippen molar-refractivity contribution in [3.63, 3.8) is 0 Å². The summed E-state index contributed by atoms with van der Waals surface area (Å²) in [5.74, 6) is -1.53. The summed E-state index contributed by atoms with van der Waals surface area (Å²) in [6.45, 7) is 3.32. The number of aryl methyl sites for hydroxylation is 2. The van der Waals surface area contributed by atoms with E-state index in [4.69, 9.17) is 4.52 Å². The van der Waals surface area contributed by atoms with E-state index in [0.29, 0.717) is 17.1 Å². The average molecular weight is 278 g/mol. The number of aromatic nitrogens is 1. The third-order valence-electron chi connectivity index (χ3n) is 2.68. The van der Waals surface area contributed by atoms with Crippen molar-refractivity contribution < 1.29 is 18.1 Å². The van der Waals surface area contributed by atoms with Gasteiger partial charge in [-0.15, -0.1) is 0 Å². The number of benzene rings is 1. The molecule has 1 N–H and O–H groups in total. The second-order valence-electron chi connectivity index (χ2n) is 4.16. The van der Waals surface area contributed by atoms with Gasteiger partial charge in [0.05, 0.1) is 0 Å². The summed E-state index contributed by atoms with van der Waals surface area (Å²) < 4.78 is 31.6. The van der Waals surface area contributed by atoms with Crippen molar-refractivity contribution in [2.75, 3.05) is 5.32 Å². The van der Waals surface area contributed by atoms with E-state index in [9.17, 15) is 13.6 Å². The van der Waals surface area contributed by atoms with Gasteiger partial charge in [0.1, 0.15) is 23.0 Å². The van der Waals surface area contributed by atoms with Crippen molar-refractivity contribution in [1.82, 2.24) is 5.16 Å². The van der Waals surface area contributed by atoms with E-state index in [0.717, 1.165) is 24.3 Å². The van der Waals surface area contributed by atoms with Crippen molar-refractivity contribution in [1.29, 1.82) is 0 Å². The predicted octanol–water partition coefficient (Wildman–Crippen LogP) is 3.22. The largest absolute Gasteiger partial charge is 0.359 e. The fourth-order valence-electron chi connectivity index (χ4n) is 1.66. The Morgan fingerprint density at radius 2 is 1.95 bits per heavy atom. The second kappa shape index (κ2) is 5.64. The lowest BCUT2D eigenvalue weighted by Crippen LogP contribution is -2.09. The molecule has 1 heterocycles. The Morgan fingerprint density at radius 1 is 1.30 bits per heavy atom. The fourth-order valence-corrected chi connectivity index (χ4v) is 1.66. The van der Waals surface area contributed by atoms with Crippen LogP contribution in [0.5, 0.6) is 0 Å². The molecule has 0 saturated heterocycles. The number of hydrogen-bond donors (Lipinski definition) is 1. The predicted molar refractivity (Wildman–Crippen MR) is 70.0 cm³/mol. The van der Waals surface area contributed by atoms with E-state index >= 15 is 0 Å². The van der Waals surface area contributed by atoms with Gasteiger partial charge in [-0.2, -0.15) is 0 Å². The van der Waals surface area contributed by atoms with Crippen LogP contribution >= 0.6 is 0 Å². The quantitative estimate of drug-likeness (QED) is 0.877. The molecule has 0 radical (unpaired) electrons. The Balaban J connectivity index is 2.14. The first-order valence-electron chi connectivity index (χ1n) is 5.85. The number of amides is 1. The molecule has 0 aliphatic heterocycles. The summed E-state index contributed by atoms with van der Waals surface area (Å²) in [4.78, 5) is 11.7. The maximum Gasteiger partial charge on any atom is 0.248 e. The Morgan fingerprint density at radius 3 is 2.50 bits per heavy atom. The standard InChI is InChI=1S/C14H12F2N2O2/c1-8-14(9(2)20-18-8)17-13(19)7-6-10-11(15)4-3-5-12(10)16/h3-7H,1-2H3,(H,17,19)/b7-6+. The summed E-state index contributed by atoms with van der Waals surface area (Å²) in [7, 11) is 0. The normalized spacial score (nSPS) is 11.0. The zero-order valence-corrected chi connectivity index (χ0v) is 10.9. The Bertz CT molecular complexity index is 638. The molecule has 6 heteroatoms. The van der Waals surface area contributed by atoms with Gasteiger partial charge in [-0.1, -0.05) is 11.2 Å². The number of halogens is 2. The van der Waals surface area contributed by atoms with Crippen LogP contribution in [0, 0.1) is 25.5 Å². The minimum absolute atomic E-state index is 0.263. The molecule has 4 nitrogen and oxygen atoms in total. The van der Waals surface area contributed by atoms with Gasteiger partial charge >= 0.3 is 0 Å². The van der Waals surface area contributed by atoms with Gasteiger partial charge in [0, 0.05) is 11.6 Å². The highest BCUT2D eigenvalue weighted by molar-refractivity contribution is 6.02. The van der Waals surface area contributed by atoms with Gasteiger partial charge in [-0.05, 0) is 32.1 Å². The number of carbonyl (C=O) groups excluding carboxylic acids is 1. The second-order valence-corrected chi connectivity index (χ2v) is 4.16. The minimum Gasteiger partial charge on any atom is -0.359 e. The highest BCUT2D eigenvalue weighted by atomic mass is 19.1. The molecule has 20 heavy (non-hydrogen) atoms. The van der Waals surface area contributed by atoms with Gasteiger partial charge in [0.25, 0.3) is 0 Å². The van der Waals surface area contributed by atoms with Crippen molar-refractivity contribution in [2.45, 2.75) is 13.8 Å². The first-order valence-corrected chi connectivity index (χ1v) is 5.85. The zero-order valence-electron chi connectivity index (χ0n) is 10.9. The van der Waals surface area contributed by atoms with E-state index < -0.39 is 17.5 Å². The van der Waals surface area contributed by atoms with Crippen LogP contribution in [0.25, 0.3) is 6.08 Å². The topological polar surface area (TPSA) is 55.1 Å². The first-order chi connectivity index (χ1) is 9.49. The Kier molecular flexibility index (Phi) is 3.93. The van der Waals surface area contributed by atoms with Gasteiger partial charge in [0.2, 0.25) is 5.91 Å². The number of rotatable bonds is 3. The first kappa shape index (κ1) is 13.9. The van der Waals surface area contributed by atoms with Crippen LogP contribution in [0.15, 0.2) is 28.8 Å². The highest BCUT2D eigenvalue weighted by Crippen LogP contribution is 2.19. The molecule has 0 bridgehead atoms. The molecule has 1 aromatic heterocycles. The molecule has 0 aliphatic carbocycles. The molecule has 0 fully saturated rings. The Labute approximate surface area is 114 Å². The lowest BCUT2D eigenvalue weighted by atomic mass is 10.2. The fraction of sp³-hybridized carbons (Fsp3) is 0.143. The van der Waals surface area contributed by atoms with Gasteiger partial charge in [-0.3, -0.25) is 4.79 Å². The summed E-state index contributed by atoms with van der Waals surface area (Å²) in [5, 5.41) is 6.22. The molecule has 0 spiro atoms. The van der Waals surface area contributed by atoms with Crippen LogP contribution in [0.1, 0.15) is 17.0 Å². The van der Waals surface area contributed by atoms with Crippen LogP contribution < -0.4 is 5.32 Å². The number of hydrogen-bond acceptors (Lipinski definition) is 3. The van der Waals surface area contributed by atoms with E-state index in [1.807, 2.05) is 0 Å². The lowest BCUT2D eigenvalue weighted by molar-refractivity contribution is -0.111. The molecule has 104 valence electrons. The monoisotopic (exact) mass is 278 g/mol. The molecule has 1 amide bonds. The van der Waals surface area contributed by atoms with Gasteiger partial charge in [0.15, 0.2) is 5.76 Å². The highest BCUT2D eigenvalue weighted by Gasteiger charge is 2.11. The summed E-state index contributed by atoms with van der Waals surface area (Å²) >= 11 is 0. The number of nitrogens with zero attached hydrogens (tertiary/aromatic N) is 1. The van der Waals surface area contributed by atoms with Crippen molar-refractivity contribution in [3.05, 3.63) is 52.9 Å². The van der Waals surface area contributed by atoms with Crippen LogP contribution in [0.3, 0.4) is 0 Å². The van der Waals surface area contributed by atoms with E-state index in [1.54, 1.807) is 13.8 Å². The van der Waals surface area contributed by atoms with Crippen LogP contribution in [-0.4, -0.2) is 11.1 Å². The van der Waals surface area contributed by atoms with E-state index in [2.05, 4.69) is 10.5 Å². The van der Waals surface area contributed by atoms with Crippen molar-refractivity contribution in [2.24, 2.45) is 0 Å². The molecule has 1 aromatic carbocycles. The van der Waals surface area contributed by atoms with Crippen molar-refractivity contribution >= 4 is 17.7 Å². The molecule has 0 aliphatic rings. The molecular weight excluding hydrogens is 266 g/mol. The molecule has 2 rings (SSSR count). The minimum atomic E-state index is -0.730. The van der Waals surface area contributed by atoms with Crippen LogP contribution in [-0.2, 0) is 4.79 Å². The SMILES string of the molecule is Cc1noc(C)c1NC(=O)/C=C/c1c(F)cccc1F. The molecule has 2 aromatic rings. The maximum absolute atomic E-state index is 13.4. The van der Waals surface area contributed by atoms with Gasteiger partial charge < -0.3 is 9.84 Å². The maximum atomic E-state index is 13.4. The Hall–Kier alpha value is -2.50. The van der Waals surface area contributed by atoms with Crippen LogP contribution in [0.4, 0.5) is 14.5 Å². The third kappa shape index (κ3) is 2.90. The average Bonchev–Trinajstić information content (AvgIpc) is 2.70. The summed E-state index contributed by atoms with van der Waals surface area (Å²) in [6, 6.07) is 3.50. The molecule has 0 atom stereocenters. The number of nitrogens with one attached hydrogen (secondary N) is 1. The van der Waals surface area contributed by atoms with Gasteiger partial charge in [-0.25, -0.2) is 8.78 Å². The third-order valence-corrected chi connectivity index (χ3v) is 2.68. The van der Waals surface area contributed by atoms with Crippen molar-refractivity contribution in [3.8, 4) is 0 Å². The smallest absolute Gasteiger partial charge is 0.248 e. The van der Waals surface area contributed by atoms with E-state index in [1.165, 1.54) is 6.07 Å². The summed E-state index contributed by atoms with van der Waals surface area (Å²) in [6.07, 6.45) is 2.13. The number of anilines is 1. The molecule has 0 unspecified atom stereocenters. The van der Waals surface area contributed by atoms with Crippen LogP contribution in [0.2, 0.25) is 0 Å². The molecule has 0 saturated carbocycles. The molecular formula is C14H12F2N2O2. The summed E-state index contributed by atoms with van der Waals surface area (Å²) in [5.41, 5.74) is 0.719. The zero-order chi connectivity index (χ0) is 14.7. The number of carbonyl (C=O) groups is 1. The van der Waals surface area contributed by atoms with E-state index in [-0.39, 0.29) is 5.56 Å². The lowest BCUT2D eigenvalue weighted by Gasteiger charge is -2.01.